The second-order valence-corrected chi connectivity index (χ2v) is 6.51. The van der Waals surface area contributed by atoms with Crippen molar-refractivity contribution in [2.24, 2.45) is 10.2 Å². The molecule has 142 valence electrons. The zero-order chi connectivity index (χ0) is 19.2. The summed E-state index contributed by atoms with van der Waals surface area (Å²) in [5.41, 5.74) is -0.485. The Morgan fingerprint density at radius 2 is 2.12 bits per heavy atom. The van der Waals surface area contributed by atoms with E-state index < -0.39 is 17.7 Å². The molecule has 0 aromatic carbocycles. The number of hydrogen-bond acceptors (Lipinski definition) is 6. The minimum absolute atomic E-state index is 0.0247. The summed E-state index contributed by atoms with van der Waals surface area (Å²) in [5, 5.41) is 16.9. The zero-order valence-corrected chi connectivity index (χ0v) is 14.9. The van der Waals surface area contributed by atoms with Crippen LogP contribution in [-0.4, -0.2) is 77.2 Å². The van der Waals surface area contributed by atoms with Crippen molar-refractivity contribution in [3.63, 3.8) is 0 Å². The van der Waals surface area contributed by atoms with E-state index in [2.05, 4.69) is 16.1 Å². The van der Waals surface area contributed by atoms with Crippen LogP contribution < -0.4 is 0 Å². The number of aliphatic carboxylic acids is 1. The molecule has 2 heterocycles. The van der Waals surface area contributed by atoms with Gasteiger partial charge in [-0.15, -0.1) is 12.3 Å². The van der Waals surface area contributed by atoms with E-state index >= 15 is 0 Å². The number of carboxylic acid groups (broad SMARTS) is 1. The fraction of sp³-hybridized carbons (Fsp3) is 0.706. The van der Waals surface area contributed by atoms with Gasteiger partial charge in [-0.05, 0) is 0 Å². The standard InChI is InChI=1S/C17H24N4O5/c1-3-4-6-17(18-19-17)7-5-15(23)20-8-9-26-14(10-20)11-21(13(2)22)12-16(24)25/h1,14H,4-12H2,2H3,(H,24,25). The van der Waals surface area contributed by atoms with Gasteiger partial charge in [0.25, 0.3) is 0 Å². The van der Waals surface area contributed by atoms with Gasteiger partial charge in [0, 0.05) is 52.2 Å². The third-order valence-corrected chi connectivity index (χ3v) is 4.48. The van der Waals surface area contributed by atoms with E-state index in [1.54, 1.807) is 4.90 Å². The summed E-state index contributed by atoms with van der Waals surface area (Å²) < 4.78 is 5.59. The largest absolute Gasteiger partial charge is 0.480 e. The minimum Gasteiger partial charge on any atom is -0.480 e. The number of carboxylic acids is 1. The van der Waals surface area contributed by atoms with Crippen LogP contribution in [0, 0.1) is 12.3 Å². The second-order valence-electron chi connectivity index (χ2n) is 6.51. The lowest BCUT2D eigenvalue weighted by Crippen LogP contribution is -2.51. The lowest BCUT2D eigenvalue weighted by Gasteiger charge is -2.35. The zero-order valence-electron chi connectivity index (χ0n) is 14.9. The second kappa shape index (κ2) is 8.76. The SMILES string of the molecule is C#CCCC1(CCC(=O)N2CCOC(CN(CC(=O)O)C(C)=O)C2)N=N1. The molecular weight excluding hydrogens is 340 g/mol. The molecule has 1 unspecified atom stereocenters. The molecule has 1 fully saturated rings. The lowest BCUT2D eigenvalue weighted by atomic mass is 10.0. The highest BCUT2D eigenvalue weighted by Crippen LogP contribution is 2.37. The van der Waals surface area contributed by atoms with Crippen molar-refractivity contribution in [2.75, 3.05) is 32.8 Å². The highest BCUT2D eigenvalue weighted by molar-refractivity contribution is 5.79. The summed E-state index contributed by atoms with van der Waals surface area (Å²) in [4.78, 5) is 37.8. The van der Waals surface area contributed by atoms with Crippen molar-refractivity contribution in [3.05, 3.63) is 0 Å². The summed E-state index contributed by atoms with van der Waals surface area (Å²) in [6.07, 6.45) is 6.94. The highest BCUT2D eigenvalue weighted by Gasteiger charge is 2.40. The first-order valence-corrected chi connectivity index (χ1v) is 8.59. The molecule has 1 saturated heterocycles. The molecule has 2 aliphatic heterocycles. The van der Waals surface area contributed by atoms with Crippen LogP contribution in [-0.2, 0) is 19.1 Å². The number of amides is 2. The van der Waals surface area contributed by atoms with E-state index in [9.17, 15) is 14.4 Å². The molecule has 26 heavy (non-hydrogen) atoms. The third-order valence-electron chi connectivity index (χ3n) is 4.48. The number of terminal acetylenes is 1. The predicted octanol–water partition coefficient (Wildman–Crippen LogP) is 0.503. The quantitative estimate of drug-likeness (QED) is 0.599. The molecule has 0 aromatic heterocycles. The van der Waals surface area contributed by atoms with Gasteiger partial charge < -0.3 is 19.6 Å². The molecule has 0 aliphatic carbocycles. The van der Waals surface area contributed by atoms with Crippen molar-refractivity contribution in [2.45, 2.75) is 44.4 Å². The van der Waals surface area contributed by atoms with Gasteiger partial charge in [0.05, 0.1) is 12.7 Å². The third kappa shape index (κ3) is 5.81. The summed E-state index contributed by atoms with van der Waals surface area (Å²) in [6, 6.07) is 0. The maximum absolute atomic E-state index is 12.5. The Morgan fingerprint density at radius 3 is 2.69 bits per heavy atom. The topological polar surface area (TPSA) is 112 Å². The maximum atomic E-state index is 12.5. The first-order valence-electron chi connectivity index (χ1n) is 8.59. The van der Waals surface area contributed by atoms with Crippen molar-refractivity contribution in [1.29, 1.82) is 0 Å². The Labute approximate surface area is 152 Å². The molecule has 2 aliphatic rings. The van der Waals surface area contributed by atoms with E-state index in [4.69, 9.17) is 16.3 Å². The number of morpholine rings is 1. The molecule has 1 atom stereocenters. The Kier molecular flexibility index (Phi) is 6.69. The molecule has 0 spiro atoms. The van der Waals surface area contributed by atoms with Crippen molar-refractivity contribution >= 4 is 17.8 Å². The summed E-state index contributed by atoms with van der Waals surface area (Å²) in [5.74, 6) is 1.10. The number of carbonyl (C=O) groups is 3. The molecule has 2 amide bonds. The predicted molar refractivity (Wildman–Crippen MR) is 91.1 cm³/mol. The number of nitrogens with zero attached hydrogens (tertiary/aromatic N) is 4. The Balaban J connectivity index is 1.81. The van der Waals surface area contributed by atoms with E-state index in [-0.39, 0.29) is 24.9 Å². The van der Waals surface area contributed by atoms with Crippen LogP contribution in [0.4, 0.5) is 0 Å². The lowest BCUT2D eigenvalue weighted by molar-refractivity contribution is -0.148. The van der Waals surface area contributed by atoms with E-state index in [1.165, 1.54) is 11.8 Å². The van der Waals surface area contributed by atoms with Crippen LogP contribution in [0.2, 0.25) is 0 Å². The van der Waals surface area contributed by atoms with Gasteiger partial charge in [-0.3, -0.25) is 14.4 Å². The van der Waals surface area contributed by atoms with Crippen LogP contribution in [0.5, 0.6) is 0 Å². The average molecular weight is 364 g/mol. The van der Waals surface area contributed by atoms with Gasteiger partial charge in [0.2, 0.25) is 11.8 Å². The summed E-state index contributed by atoms with van der Waals surface area (Å²) in [7, 11) is 0. The fourth-order valence-electron chi connectivity index (χ4n) is 2.90. The fourth-order valence-corrected chi connectivity index (χ4v) is 2.90. The molecule has 9 nitrogen and oxygen atoms in total. The van der Waals surface area contributed by atoms with Crippen LogP contribution in [0.1, 0.15) is 32.6 Å². The smallest absolute Gasteiger partial charge is 0.323 e. The van der Waals surface area contributed by atoms with Crippen LogP contribution in [0.15, 0.2) is 10.2 Å². The molecule has 2 rings (SSSR count). The van der Waals surface area contributed by atoms with Gasteiger partial charge in [-0.2, -0.15) is 10.2 Å². The van der Waals surface area contributed by atoms with E-state index in [0.717, 1.165) is 0 Å². The first kappa shape index (κ1) is 19.8. The molecule has 0 saturated carbocycles. The van der Waals surface area contributed by atoms with Gasteiger partial charge in [0.1, 0.15) is 6.54 Å². The van der Waals surface area contributed by atoms with Crippen LogP contribution in [0.25, 0.3) is 0 Å². The number of ether oxygens (including phenoxy) is 1. The molecule has 0 radical (unpaired) electrons. The Hall–Kier alpha value is -2.47. The van der Waals surface area contributed by atoms with Gasteiger partial charge in [-0.1, -0.05) is 0 Å². The number of hydrogen-bond donors (Lipinski definition) is 1. The molecular formula is C17H24N4O5. The highest BCUT2D eigenvalue weighted by atomic mass is 16.5. The van der Waals surface area contributed by atoms with Crippen LogP contribution >= 0.6 is 0 Å². The number of rotatable bonds is 9. The van der Waals surface area contributed by atoms with E-state index in [1.807, 2.05) is 0 Å². The first-order chi connectivity index (χ1) is 12.3. The van der Waals surface area contributed by atoms with Crippen molar-refractivity contribution in [1.82, 2.24) is 9.80 Å². The summed E-state index contributed by atoms with van der Waals surface area (Å²) >= 11 is 0. The Morgan fingerprint density at radius 1 is 1.38 bits per heavy atom. The van der Waals surface area contributed by atoms with Crippen molar-refractivity contribution in [3.8, 4) is 12.3 Å². The van der Waals surface area contributed by atoms with Crippen LogP contribution in [0.3, 0.4) is 0 Å². The molecule has 1 N–H and O–H groups in total. The molecule has 0 aromatic rings. The van der Waals surface area contributed by atoms with Gasteiger partial charge in [-0.25, -0.2) is 0 Å². The molecule has 0 bridgehead atoms. The monoisotopic (exact) mass is 364 g/mol. The molecule has 9 heteroatoms. The van der Waals surface area contributed by atoms with Gasteiger partial charge in [0.15, 0.2) is 5.66 Å². The maximum Gasteiger partial charge on any atom is 0.323 e. The van der Waals surface area contributed by atoms with Gasteiger partial charge >= 0.3 is 5.97 Å². The number of carbonyl (C=O) groups excluding carboxylic acids is 2. The normalized spacial score (nSPS) is 20.3. The van der Waals surface area contributed by atoms with E-state index in [0.29, 0.717) is 45.4 Å². The average Bonchev–Trinajstić information content (AvgIpc) is 3.37. The minimum atomic E-state index is -1.09. The van der Waals surface area contributed by atoms with Crippen molar-refractivity contribution < 1.29 is 24.2 Å². The summed E-state index contributed by atoms with van der Waals surface area (Å²) in [6.45, 7) is 2.22. The Bertz CT molecular complexity index is 621.